The Morgan fingerprint density at radius 3 is 2.95 bits per heavy atom. The second-order valence-corrected chi connectivity index (χ2v) is 5.03. The van der Waals surface area contributed by atoms with E-state index in [-0.39, 0.29) is 12.6 Å². The molecule has 2 heterocycles. The first-order valence-corrected chi connectivity index (χ1v) is 7.00. The fourth-order valence-corrected chi connectivity index (χ4v) is 2.61. The van der Waals surface area contributed by atoms with Crippen LogP contribution in [0.1, 0.15) is 15.9 Å². The molecule has 0 unspecified atom stereocenters. The largest absolute Gasteiger partial charge is 0.454 e. The number of hydrogen-bond donors (Lipinski definition) is 1. The maximum absolute atomic E-state index is 12.4. The zero-order chi connectivity index (χ0) is 14.9. The van der Waals surface area contributed by atoms with Crippen molar-refractivity contribution in [2.45, 2.75) is 0 Å². The van der Waals surface area contributed by atoms with Gasteiger partial charge in [0.05, 0.1) is 0 Å². The molecule has 3 aromatic rings. The molecule has 0 saturated heterocycles. The van der Waals surface area contributed by atoms with Crippen molar-refractivity contribution in [2.24, 2.45) is 0 Å². The van der Waals surface area contributed by atoms with Crippen LogP contribution in [0.5, 0.6) is 11.5 Å². The summed E-state index contributed by atoms with van der Waals surface area (Å²) in [6.07, 6.45) is 5.07. The summed E-state index contributed by atoms with van der Waals surface area (Å²) in [6.45, 7) is 0.219. The monoisotopic (exact) mass is 291 g/mol. The van der Waals surface area contributed by atoms with Gasteiger partial charge >= 0.3 is 0 Å². The Labute approximate surface area is 127 Å². The Hall–Kier alpha value is -3.01. The van der Waals surface area contributed by atoms with Gasteiger partial charge in [0.1, 0.15) is 0 Å². The molecule has 0 atom stereocenters. The highest BCUT2D eigenvalue weighted by Crippen LogP contribution is 2.36. The van der Waals surface area contributed by atoms with Gasteiger partial charge < -0.3 is 14.5 Å². The molecule has 1 aromatic heterocycles. The minimum atomic E-state index is -0.0473. The minimum Gasteiger partial charge on any atom is -0.454 e. The Balaban J connectivity index is 1.66. The number of nitrogens with one attached hydrogen (secondary N) is 1. The van der Waals surface area contributed by atoms with Crippen LogP contribution in [-0.2, 0) is 0 Å². The van der Waals surface area contributed by atoms with Crippen molar-refractivity contribution in [2.75, 3.05) is 6.79 Å². The van der Waals surface area contributed by atoms with E-state index in [0.717, 1.165) is 16.5 Å². The van der Waals surface area contributed by atoms with Crippen molar-refractivity contribution in [3.8, 4) is 11.5 Å². The van der Waals surface area contributed by atoms with Gasteiger partial charge in [0.2, 0.25) is 6.79 Å². The number of ketones is 1. The molecule has 1 aliphatic heterocycles. The van der Waals surface area contributed by atoms with Gasteiger partial charge in [-0.1, -0.05) is 30.3 Å². The van der Waals surface area contributed by atoms with Gasteiger partial charge in [-0.2, -0.15) is 0 Å². The second-order valence-electron chi connectivity index (χ2n) is 5.03. The molecule has 1 aliphatic rings. The van der Waals surface area contributed by atoms with Gasteiger partial charge in [0.25, 0.3) is 0 Å². The molecule has 0 amide bonds. The van der Waals surface area contributed by atoms with Crippen LogP contribution in [0, 0.1) is 0 Å². The molecule has 0 bridgehead atoms. The lowest BCUT2D eigenvalue weighted by Crippen LogP contribution is -1.94. The average molecular weight is 291 g/mol. The maximum atomic E-state index is 12.4. The molecule has 4 rings (SSSR count). The first kappa shape index (κ1) is 12.7. The van der Waals surface area contributed by atoms with Gasteiger partial charge in [-0.15, -0.1) is 0 Å². The van der Waals surface area contributed by atoms with Crippen molar-refractivity contribution in [3.63, 3.8) is 0 Å². The number of allylic oxidation sites excluding steroid dienone is 1. The van der Waals surface area contributed by atoms with Gasteiger partial charge in [-0.05, 0) is 24.3 Å². The molecule has 2 aromatic carbocycles. The smallest absolute Gasteiger partial charge is 0.231 e. The van der Waals surface area contributed by atoms with E-state index in [1.165, 1.54) is 0 Å². The number of ether oxygens (including phenoxy) is 2. The number of fused-ring (bicyclic) bond motifs is 2. The van der Waals surface area contributed by atoms with E-state index in [1.54, 1.807) is 18.3 Å². The lowest BCUT2D eigenvalue weighted by Gasteiger charge is -2.00. The van der Waals surface area contributed by atoms with E-state index in [9.17, 15) is 4.79 Å². The lowest BCUT2D eigenvalue weighted by molar-refractivity contribution is 0.104. The fourth-order valence-electron chi connectivity index (χ4n) is 2.61. The van der Waals surface area contributed by atoms with Crippen molar-refractivity contribution in [1.82, 2.24) is 4.98 Å². The van der Waals surface area contributed by atoms with E-state index < -0.39 is 0 Å². The van der Waals surface area contributed by atoms with Crippen LogP contribution < -0.4 is 9.47 Å². The van der Waals surface area contributed by atoms with Crippen molar-refractivity contribution < 1.29 is 14.3 Å². The quantitative estimate of drug-likeness (QED) is 0.590. The zero-order valence-corrected chi connectivity index (χ0v) is 11.7. The van der Waals surface area contributed by atoms with Crippen molar-refractivity contribution in [1.29, 1.82) is 0 Å². The number of carbonyl (C=O) groups is 1. The third kappa shape index (κ3) is 2.05. The summed E-state index contributed by atoms with van der Waals surface area (Å²) < 4.78 is 10.8. The molecule has 22 heavy (non-hydrogen) atoms. The van der Waals surface area contributed by atoms with E-state index >= 15 is 0 Å². The van der Waals surface area contributed by atoms with Gasteiger partial charge in [-0.3, -0.25) is 4.79 Å². The minimum absolute atomic E-state index is 0.0473. The third-order valence-corrected chi connectivity index (χ3v) is 3.70. The summed E-state index contributed by atoms with van der Waals surface area (Å²) in [5.74, 6) is 1.35. The number of rotatable bonds is 3. The van der Waals surface area contributed by atoms with Crippen LogP contribution in [0.15, 0.2) is 54.7 Å². The molecule has 0 aliphatic carbocycles. The summed E-state index contributed by atoms with van der Waals surface area (Å²) in [7, 11) is 0. The van der Waals surface area contributed by atoms with Crippen molar-refractivity contribution >= 4 is 22.8 Å². The second kappa shape index (κ2) is 5.07. The summed E-state index contributed by atoms with van der Waals surface area (Å²) in [4.78, 5) is 15.5. The molecule has 108 valence electrons. The fraction of sp³-hybridized carbons (Fsp3) is 0.0556. The molecular weight excluding hydrogens is 278 g/mol. The Bertz CT molecular complexity index is 892. The first-order valence-electron chi connectivity index (χ1n) is 7.00. The van der Waals surface area contributed by atoms with E-state index in [2.05, 4.69) is 4.98 Å². The number of H-pyrrole nitrogens is 1. The predicted octanol–water partition coefficient (Wildman–Crippen LogP) is 3.79. The van der Waals surface area contributed by atoms with Crippen LogP contribution in [0.2, 0.25) is 0 Å². The van der Waals surface area contributed by atoms with Crippen LogP contribution in [-0.4, -0.2) is 17.6 Å². The van der Waals surface area contributed by atoms with Crippen LogP contribution in [0.25, 0.3) is 17.0 Å². The van der Waals surface area contributed by atoms with E-state index in [4.69, 9.17) is 9.47 Å². The highest BCUT2D eigenvalue weighted by molar-refractivity contribution is 6.14. The summed E-state index contributed by atoms with van der Waals surface area (Å²) in [5, 5.41) is 0.926. The van der Waals surface area contributed by atoms with E-state index in [0.29, 0.717) is 17.1 Å². The normalized spacial score (nSPS) is 13.1. The average Bonchev–Trinajstić information content (AvgIpc) is 3.19. The number of carbonyl (C=O) groups excluding carboxylic acids is 1. The van der Waals surface area contributed by atoms with Gasteiger partial charge in [0, 0.05) is 28.2 Å². The topological polar surface area (TPSA) is 51.3 Å². The molecule has 0 saturated carbocycles. The standard InChI is InChI=1S/C18H13NO3/c20-16(14-10-19-15-6-2-1-5-13(14)15)9-8-12-4-3-7-17-18(12)22-11-21-17/h1-10,19H,11H2/b9-8+. The predicted molar refractivity (Wildman–Crippen MR) is 84.2 cm³/mol. The zero-order valence-electron chi connectivity index (χ0n) is 11.7. The molecule has 0 radical (unpaired) electrons. The SMILES string of the molecule is O=C(/C=C/c1cccc2c1OCO2)c1c[nH]c2ccccc12. The number of para-hydroxylation sites is 2. The third-order valence-electron chi connectivity index (χ3n) is 3.70. The number of aromatic nitrogens is 1. The van der Waals surface area contributed by atoms with Crippen LogP contribution in [0.4, 0.5) is 0 Å². The number of aromatic amines is 1. The molecule has 1 N–H and O–H groups in total. The van der Waals surface area contributed by atoms with Crippen molar-refractivity contribution in [3.05, 3.63) is 65.9 Å². The molecule has 0 fully saturated rings. The Morgan fingerprint density at radius 2 is 2.00 bits per heavy atom. The van der Waals surface area contributed by atoms with Gasteiger partial charge in [-0.25, -0.2) is 0 Å². The highest BCUT2D eigenvalue weighted by Gasteiger charge is 2.16. The first-order chi connectivity index (χ1) is 10.8. The van der Waals surface area contributed by atoms with Crippen LogP contribution in [0.3, 0.4) is 0 Å². The molecule has 0 spiro atoms. The van der Waals surface area contributed by atoms with Gasteiger partial charge in [0.15, 0.2) is 17.3 Å². The Morgan fingerprint density at radius 1 is 1.09 bits per heavy atom. The summed E-state index contributed by atoms with van der Waals surface area (Å²) in [6, 6.07) is 13.4. The summed E-state index contributed by atoms with van der Waals surface area (Å²) in [5.41, 5.74) is 2.45. The van der Waals surface area contributed by atoms with Crippen LogP contribution >= 0.6 is 0 Å². The number of benzene rings is 2. The van der Waals surface area contributed by atoms with E-state index in [1.807, 2.05) is 42.5 Å². The molecule has 4 heteroatoms. The highest BCUT2D eigenvalue weighted by atomic mass is 16.7. The lowest BCUT2D eigenvalue weighted by atomic mass is 10.1. The summed E-state index contributed by atoms with van der Waals surface area (Å²) >= 11 is 0. The molecule has 4 nitrogen and oxygen atoms in total. The Kier molecular flexibility index (Phi) is 2.93. The number of hydrogen-bond acceptors (Lipinski definition) is 3. The maximum Gasteiger partial charge on any atom is 0.231 e. The molecular formula is C18H13NO3.